The van der Waals surface area contributed by atoms with Gasteiger partial charge < -0.3 is 10.0 Å². The van der Waals surface area contributed by atoms with Crippen LogP contribution in [0.5, 0.6) is 0 Å². The van der Waals surface area contributed by atoms with Crippen molar-refractivity contribution in [2.24, 2.45) is 29.6 Å². The summed E-state index contributed by atoms with van der Waals surface area (Å²) in [4.78, 5) is 28.3. The van der Waals surface area contributed by atoms with Gasteiger partial charge in [-0.1, -0.05) is 0 Å². The van der Waals surface area contributed by atoms with E-state index < -0.39 is 5.97 Å². The van der Waals surface area contributed by atoms with E-state index in [1.54, 1.807) is 0 Å². The van der Waals surface area contributed by atoms with E-state index in [1.165, 1.54) is 32.1 Å². The van der Waals surface area contributed by atoms with E-state index in [0.29, 0.717) is 23.7 Å². The van der Waals surface area contributed by atoms with E-state index in [9.17, 15) is 9.59 Å². The molecule has 0 aromatic carbocycles. The highest BCUT2D eigenvalue weighted by atomic mass is 16.4. The maximum atomic E-state index is 13.3. The molecule has 1 amide bonds. The monoisotopic (exact) mass is 348 g/mol. The minimum atomic E-state index is -0.770. The minimum Gasteiger partial charge on any atom is -0.480 e. The molecule has 1 heterocycles. The number of carbonyl (C=O) groups excluding carboxylic acids is 1. The van der Waals surface area contributed by atoms with Crippen LogP contribution in [-0.4, -0.2) is 59.5 Å². The zero-order valence-corrected chi connectivity index (χ0v) is 15.4. The van der Waals surface area contributed by atoms with Crippen LogP contribution in [0.4, 0.5) is 0 Å². The predicted molar refractivity (Wildman–Crippen MR) is 95.0 cm³/mol. The fourth-order valence-corrected chi connectivity index (χ4v) is 6.62. The number of carboxylic acids is 1. The van der Waals surface area contributed by atoms with Crippen molar-refractivity contribution in [3.63, 3.8) is 0 Å². The topological polar surface area (TPSA) is 60.9 Å². The first-order valence-electron chi connectivity index (χ1n) is 10.2. The third-order valence-electron chi connectivity index (χ3n) is 7.53. The summed E-state index contributed by atoms with van der Waals surface area (Å²) < 4.78 is 0. The van der Waals surface area contributed by atoms with Crippen molar-refractivity contribution in [3.05, 3.63) is 0 Å². The van der Waals surface area contributed by atoms with E-state index in [-0.39, 0.29) is 12.6 Å². The van der Waals surface area contributed by atoms with Gasteiger partial charge in [-0.3, -0.25) is 14.5 Å². The fraction of sp³-hybridized carbons (Fsp3) is 0.900. The predicted octanol–water partition coefficient (Wildman–Crippen LogP) is 2.46. The molecule has 4 saturated carbocycles. The third kappa shape index (κ3) is 3.44. The zero-order chi connectivity index (χ0) is 17.6. The van der Waals surface area contributed by atoms with Crippen molar-refractivity contribution in [1.29, 1.82) is 0 Å². The molecule has 5 nitrogen and oxygen atoms in total. The SMILES string of the molecule is CN(CC(=O)O)C1CCCN(C(=O)C2C3CC4CC(C3)CC2C4)CC1. The van der Waals surface area contributed by atoms with Gasteiger partial charge in [0.1, 0.15) is 0 Å². The number of amides is 1. The molecule has 5 rings (SSSR count). The van der Waals surface area contributed by atoms with Crippen LogP contribution < -0.4 is 0 Å². The van der Waals surface area contributed by atoms with Gasteiger partial charge in [0.2, 0.25) is 5.91 Å². The molecule has 0 aromatic heterocycles. The van der Waals surface area contributed by atoms with Gasteiger partial charge in [0.05, 0.1) is 6.54 Å². The standard InChI is InChI=1S/C20H32N2O3/c1-21(12-18(23)24)17-3-2-5-22(6-4-17)20(25)19-15-8-13-7-14(10-15)11-16(19)9-13/h13-17,19H,2-12H2,1H3,(H,23,24). The van der Waals surface area contributed by atoms with Crippen molar-refractivity contribution in [3.8, 4) is 0 Å². The number of nitrogens with zero attached hydrogens (tertiary/aromatic N) is 2. The number of rotatable bonds is 4. The molecule has 5 heteroatoms. The lowest BCUT2D eigenvalue weighted by Gasteiger charge is -2.54. The molecule has 4 bridgehead atoms. The Bertz CT molecular complexity index is 507. The zero-order valence-electron chi connectivity index (χ0n) is 15.4. The lowest BCUT2D eigenvalue weighted by atomic mass is 9.51. The Kier molecular flexibility index (Phi) is 4.78. The summed E-state index contributed by atoms with van der Waals surface area (Å²) >= 11 is 0. The summed E-state index contributed by atoms with van der Waals surface area (Å²) in [6, 6.07) is 0.285. The van der Waals surface area contributed by atoms with Gasteiger partial charge in [-0.05, 0) is 82.1 Å². The second-order valence-corrected chi connectivity index (χ2v) is 9.18. The molecular weight excluding hydrogens is 316 g/mol. The lowest BCUT2D eigenvalue weighted by molar-refractivity contribution is -0.149. The van der Waals surface area contributed by atoms with Crippen LogP contribution in [0.2, 0.25) is 0 Å². The second-order valence-electron chi connectivity index (χ2n) is 9.18. The summed E-state index contributed by atoms with van der Waals surface area (Å²) in [5.74, 6) is 3.06. The Balaban J connectivity index is 1.37. The molecule has 5 aliphatic rings. The first kappa shape index (κ1) is 17.3. The van der Waals surface area contributed by atoms with E-state index in [4.69, 9.17) is 5.11 Å². The molecule has 0 radical (unpaired) electrons. The quantitative estimate of drug-likeness (QED) is 0.848. The number of likely N-dealkylation sites (tertiary alicyclic amines) is 1. The van der Waals surface area contributed by atoms with Gasteiger partial charge in [-0.25, -0.2) is 0 Å². The van der Waals surface area contributed by atoms with Crippen LogP contribution in [0.15, 0.2) is 0 Å². The maximum absolute atomic E-state index is 13.3. The van der Waals surface area contributed by atoms with E-state index in [2.05, 4.69) is 4.90 Å². The first-order chi connectivity index (χ1) is 12.0. The van der Waals surface area contributed by atoms with Crippen LogP contribution in [0.1, 0.15) is 51.4 Å². The number of aliphatic carboxylic acids is 1. The summed E-state index contributed by atoms with van der Waals surface area (Å²) in [6.45, 7) is 1.75. The van der Waals surface area contributed by atoms with E-state index >= 15 is 0 Å². The van der Waals surface area contributed by atoms with Gasteiger partial charge in [-0.2, -0.15) is 0 Å². The smallest absolute Gasteiger partial charge is 0.317 e. The lowest BCUT2D eigenvalue weighted by Crippen LogP contribution is -2.52. The van der Waals surface area contributed by atoms with Gasteiger partial charge in [-0.15, -0.1) is 0 Å². The molecule has 140 valence electrons. The average molecular weight is 348 g/mol. The molecule has 1 unspecified atom stereocenters. The summed E-state index contributed by atoms with van der Waals surface area (Å²) in [5.41, 5.74) is 0. The number of carbonyl (C=O) groups is 2. The molecular formula is C20H32N2O3. The van der Waals surface area contributed by atoms with Crippen LogP contribution >= 0.6 is 0 Å². The van der Waals surface area contributed by atoms with Crippen molar-refractivity contribution in [2.45, 2.75) is 57.4 Å². The van der Waals surface area contributed by atoms with Crippen LogP contribution in [-0.2, 0) is 9.59 Å². The van der Waals surface area contributed by atoms with Gasteiger partial charge in [0.15, 0.2) is 0 Å². The van der Waals surface area contributed by atoms with E-state index in [0.717, 1.165) is 44.2 Å². The highest BCUT2D eigenvalue weighted by molar-refractivity contribution is 5.80. The molecule has 25 heavy (non-hydrogen) atoms. The van der Waals surface area contributed by atoms with Gasteiger partial charge in [0.25, 0.3) is 0 Å². The Morgan fingerprint density at radius 3 is 2.24 bits per heavy atom. The maximum Gasteiger partial charge on any atom is 0.317 e. The highest BCUT2D eigenvalue weighted by Crippen LogP contribution is 2.56. The van der Waals surface area contributed by atoms with Gasteiger partial charge >= 0.3 is 5.97 Å². The summed E-state index contributed by atoms with van der Waals surface area (Å²) in [7, 11) is 1.90. The number of hydrogen-bond donors (Lipinski definition) is 1. The van der Waals surface area contributed by atoms with Gasteiger partial charge in [0, 0.05) is 25.0 Å². The molecule has 0 aromatic rings. The second kappa shape index (κ2) is 6.90. The van der Waals surface area contributed by atoms with Crippen LogP contribution in [0.25, 0.3) is 0 Å². The average Bonchev–Trinajstić information content (AvgIpc) is 2.79. The Morgan fingerprint density at radius 1 is 1.00 bits per heavy atom. The van der Waals surface area contributed by atoms with Crippen molar-refractivity contribution < 1.29 is 14.7 Å². The van der Waals surface area contributed by atoms with Crippen molar-refractivity contribution in [1.82, 2.24) is 9.80 Å². The molecule has 1 atom stereocenters. The number of hydrogen-bond acceptors (Lipinski definition) is 3. The molecule has 1 N–H and O–H groups in total. The molecule has 0 spiro atoms. The summed E-state index contributed by atoms with van der Waals surface area (Å²) in [5, 5.41) is 9.01. The number of likely N-dealkylation sites (N-methyl/N-ethyl adjacent to an activating group) is 1. The molecule has 1 saturated heterocycles. The Hall–Kier alpha value is -1.10. The van der Waals surface area contributed by atoms with Crippen molar-refractivity contribution >= 4 is 11.9 Å². The van der Waals surface area contributed by atoms with E-state index in [1.807, 2.05) is 11.9 Å². The first-order valence-corrected chi connectivity index (χ1v) is 10.2. The Labute approximate surface area is 150 Å². The largest absolute Gasteiger partial charge is 0.480 e. The fourth-order valence-electron chi connectivity index (χ4n) is 6.62. The summed E-state index contributed by atoms with van der Waals surface area (Å²) in [6.07, 6.45) is 9.49. The minimum absolute atomic E-state index is 0.0914. The Morgan fingerprint density at radius 2 is 1.64 bits per heavy atom. The van der Waals surface area contributed by atoms with Crippen molar-refractivity contribution in [2.75, 3.05) is 26.7 Å². The normalized spacial score (nSPS) is 40.3. The number of carboxylic acid groups (broad SMARTS) is 1. The molecule has 1 aliphatic heterocycles. The van der Waals surface area contributed by atoms with Crippen LogP contribution in [0.3, 0.4) is 0 Å². The third-order valence-corrected chi connectivity index (χ3v) is 7.53. The van der Waals surface area contributed by atoms with Crippen LogP contribution in [0, 0.1) is 29.6 Å². The molecule has 5 fully saturated rings. The highest BCUT2D eigenvalue weighted by Gasteiger charge is 2.51. The molecule has 4 aliphatic carbocycles.